The van der Waals surface area contributed by atoms with Crippen molar-refractivity contribution in [1.82, 2.24) is 0 Å². The van der Waals surface area contributed by atoms with Gasteiger partial charge >= 0.3 is 0 Å². The zero-order valence-electron chi connectivity index (χ0n) is 8.12. The van der Waals surface area contributed by atoms with Crippen LogP contribution < -0.4 is 0 Å². The van der Waals surface area contributed by atoms with Crippen LogP contribution in [0.15, 0.2) is 12.1 Å². The van der Waals surface area contributed by atoms with Crippen molar-refractivity contribution in [2.24, 2.45) is 0 Å². The fourth-order valence-electron chi connectivity index (χ4n) is 2.16. The number of aldehydes is 1. The molecule has 74 valence electrons. The molecule has 1 aliphatic carbocycles. The highest BCUT2D eigenvalue weighted by Gasteiger charge is 2.14. The first-order valence-corrected chi connectivity index (χ1v) is 5.12. The minimum Gasteiger partial charge on any atom is -0.508 e. The monoisotopic (exact) mass is 190 g/mol. The lowest BCUT2D eigenvalue weighted by atomic mass is 9.97. The summed E-state index contributed by atoms with van der Waals surface area (Å²) in [5.41, 5.74) is 2.81. The van der Waals surface area contributed by atoms with E-state index >= 15 is 0 Å². The zero-order chi connectivity index (χ0) is 9.97. The lowest BCUT2D eigenvalue weighted by molar-refractivity contribution is 0.112. The summed E-state index contributed by atoms with van der Waals surface area (Å²) in [5, 5.41) is 9.69. The Morgan fingerprint density at radius 3 is 2.50 bits per heavy atom. The van der Waals surface area contributed by atoms with E-state index in [0.717, 1.165) is 48.7 Å². The van der Waals surface area contributed by atoms with E-state index in [1.807, 2.05) is 0 Å². The summed E-state index contributed by atoms with van der Waals surface area (Å²) in [7, 11) is 0. The van der Waals surface area contributed by atoms with Crippen molar-refractivity contribution < 1.29 is 9.90 Å². The summed E-state index contributed by atoms with van der Waals surface area (Å²) < 4.78 is 0. The molecule has 0 atom stereocenters. The van der Waals surface area contributed by atoms with E-state index in [1.54, 1.807) is 12.1 Å². The van der Waals surface area contributed by atoms with Crippen LogP contribution in [0.25, 0.3) is 0 Å². The topological polar surface area (TPSA) is 37.3 Å². The van der Waals surface area contributed by atoms with Gasteiger partial charge in [0.15, 0.2) is 0 Å². The Labute approximate surface area is 83.6 Å². The van der Waals surface area contributed by atoms with Crippen molar-refractivity contribution in [3.05, 3.63) is 28.8 Å². The molecule has 2 heteroatoms. The molecule has 1 aromatic carbocycles. The standard InChI is InChI=1S/C12H14O2/c13-8-9-6-7-12(14)11-5-3-1-2-4-10(9)11/h6-8,14H,1-5H2. The van der Waals surface area contributed by atoms with Crippen LogP contribution in [0.3, 0.4) is 0 Å². The largest absolute Gasteiger partial charge is 0.508 e. The summed E-state index contributed by atoms with van der Waals surface area (Å²) >= 11 is 0. The average Bonchev–Trinajstić information content (AvgIpc) is 2.44. The van der Waals surface area contributed by atoms with E-state index in [1.165, 1.54) is 6.42 Å². The molecule has 14 heavy (non-hydrogen) atoms. The van der Waals surface area contributed by atoms with Crippen LogP contribution in [0.4, 0.5) is 0 Å². The fourth-order valence-corrected chi connectivity index (χ4v) is 2.16. The van der Waals surface area contributed by atoms with Crippen LogP contribution in [0.5, 0.6) is 5.75 Å². The van der Waals surface area contributed by atoms with Gasteiger partial charge in [0.05, 0.1) is 0 Å². The normalized spacial score (nSPS) is 15.7. The van der Waals surface area contributed by atoms with Gasteiger partial charge in [0.25, 0.3) is 0 Å². The third-order valence-corrected chi connectivity index (χ3v) is 2.92. The van der Waals surface area contributed by atoms with E-state index in [9.17, 15) is 9.90 Å². The van der Waals surface area contributed by atoms with Gasteiger partial charge in [-0.05, 0) is 48.9 Å². The molecule has 2 rings (SSSR count). The number of benzene rings is 1. The molecule has 0 aliphatic heterocycles. The van der Waals surface area contributed by atoms with Crippen LogP contribution in [-0.2, 0) is 12.8 Å². The first kappa shape index (κ1) is 9.25. The van der Waals surface area contributed by atoms with Crippen LogP contribution in [-0.4, -0.2) is 11.4 Å². The summed E-state index contributed by atoms with van der Waals surface area (Å²) in [6.07, 6.45) is 6.15. The highest BCUT2D eigenvalue weighted by molar-refractivity contribution is 5.78. The fraction of sp³-hybridized carbons (Fsp3) is 0.417. The van der Waals surface area contributed by atoms with Crippen LogP contribution in [0, 0.1) is 0 Å². The second-order valence-corrected chi connectivity index (χ2v) is 3.81. The molecule has 2 nitrogen and oxygen atoms in total. The highest BCUT2D eigenvalue weighted by atomic mass is 16.3. The lowest BCUT2D eigenvalue weighted by Crippen LogP contribution is -1.97. The Morgan fingerprint density at radius 2 is 1.79 bits per heavy atom. The molecule has 0 amide bonds. The maximum absolute atomic E-state index is 10.8. The minimum absolute atomic E-state index is 0.354. The van der Waals surface area contributed by atoms with Gasteiger partial charge in [0.2, 0.25) is 0 Å². The maximum atomic E-state index is 10.8. The van der Waals surface area contributed by atoms with Crippen molar-refractivity contribution >= 4 is 6.29 Å². The molecule has 0 bridgehead atoms. The number of fused-ring (bicyclic) bond motifs is 1. The summed E-state index contributed by atoms with van der Waals surface area (Å²) in [4.78, 5) is 10.8. The van der Waals surface area contributed by atoms with Crippen molar-refractivity contribution in [1.29, 1.82) is 0 Å². The van der Waals surface area contributed by atoms with Gasteiger partial charge in [-0.15, -0.1) is 0 Å². The lowest BCUT2D eigenvalue weighted by Gasteiger charge is -2.09. The number of carbonyl (C=O) groups excluding carboxylic acids is 1. The molecule has 0 fully saturated rings. The third kappa shape index (κ3) is 1.52. The predicted octanol–water partition coefficient (Wildman–Crippen LogP) is 2.47. The molecule has 0 radical (unpaired) electrons. The Bertz CT molecular complexity index is 356. The Balaban J connectivity index is 2.54. The van der Waals surface area contributed by atoms with E-state index in [0.29, 0.717) is 5.75 Å². The smallest absolute Gasteiger partial charge is 0.150 e. The molecular weight excluding hydrogens is 176 g/mol. The van der Waals surface area contributed by atoms with Gasteiger partial charge in [-0.3, -0.25) is 4.79 Å². The average molecular weight is 190 g/mol. The number of hydrogen-bond acceptors (Lipinski definition) is 2. The number of phenols is 1. The van der Waals surface area contributed by atoms with Crippen LogP contribution >= 0.6 is 0 Å². The Kier molecular flexibility index (Phi) is 2.53. The number of rotatable bonds is 1. The quantitative estimate of drug-likeness (QED) is 0.545. The second kappa shape index (κ2) is 3.82. The van der Waals surface area contributed by atoms with Crippen molar-refractivity contribution in [3.63, 3.8) is 0 Å². The van der Waals surface area contributed by atoms with Gasteiger partial charge in [-0.1, -0.05) is 6.42 Å². The minimum atomic E-state index is 0.354. The summed E-state index contributed by atoms with van der Waals surface area (Å²) in [6.45, 7) is 0. The molecule has 0 saturated carbocycles. The Morgan fingerprint density at radius 1 is 1.07 bits per heavy atom. The van der Waals surface area contributed by atoms with Crippen molar-refractivity contribution in [2.45, 2.75) is 32.1 Å². The molecule has 0 saturated heterocycles. The number of hydrogen-bond donors (Lipinski definition) is 1. The molecule has 0 aromatic heterocycles. The van der Waals surface area contributed by atoms with Gasteiger partial charge < -0.3 is 5.11 Å². The molecular formula is C12H14O2. The second-order valence-electron chi connectivity index (χ2n) is 3.81. The first-order chi connectivity index (χ1) is 6.83. The third-order valence-electron chi connectivity index (χ3n) is 2.92. The number of phenolic OH excluding ortho intramolecular Hbond substituents is 1. The van der Waals surface area contributed by atoms with Gasteiger partial charge in [-0.25, -0.2) is 0 Å². The molecule has 1 aromatic rings. The van der Waals surface area contributed by atoms with Gasteiger partial charge in [0.1, 0.15) is 12.0 Å². The molecule has 0 heterocycles. The first-order valence-electron chi connectivity index (χ1n) is 5.12. The zero-order valence-corrected chi connectivity index (χ0v) is 8.12. The van der Waals surface area contributed by atoms with Crippen molar-refractivity contribution in [2.75, 3.05) is 0 Å². The SMILES string of the molecule is O=Cc1ccc(O)c2c1CCCCC2. The highest BCUT2D eigenvalue weighted by Crippen LogP contribution is 2.29. The van der Waals surface area contributed by atoms with Gasteiger partial charge in [0, 0.05) is 5.56 Å². The van der Waals surface area contributed by atoms with Crippen LogP contribution in [0.1, 0.15) is 40.7 Å². The molecule has 0 spiro atoms. The maximum Gasteiger partial charge on any atom is 0.150 e. The van der Waals surface area contributed by atoms with E-state index < -0.39 is 0 Å². The summed E-state index contributed by atoms with van der Waals surface area (Å²) in [6, 6.07) is 3.35. The number of carbonyl (C=O) groups is 1. The van der Waals surface area contributed by atoms with E-state index in [4.69, 9.17) is 0 Å². The molecule has 0 unspecified atom stereocenters. The van der Waals surface area contributed by atoms with E-state index in [2.05, 4.69) is 0 Å². The molecule has 1 N–H and O–H groups in total. The van der Waals surface area contributed by atoms with E-state index in [-0.39, 0.29) is 0 Å². The number of aromatic hydroxyl groups is 1. The Hall–Kier alpha value is -1.31. The van der Waals surface area contributed by atoms with Crippen molar-refractivity contribution in [3.8, 4) is 5.75 Å². The van der Waals surface area contributed by atoms with Crippen LogP contribution in [0.2, 0.25) is 0 Å². The molecule has 1 aliphatic rings. The summed E-state index contributed by atoms with van der Waals surface area (Å²) in [5.74, 6) is 0.354. The van der Waals surface area contributed by atoms with Gasteiger partial charge in [-0.2, -0.15) is 0 Å². The predicted molar refractivity (Wildman–Crippen MR) is 54.8 cm³/mol.